The zero-order chi connectivity index (χ0) is 14.7. The van der Waals surface area contributed by atoms with Gasteiger partial charge in [0.2, 0.25) is 0 Å². The van der Waals surface area contributed by atoms with Crippen molar-refractivity contribution in [3.05, 3.63) is 47.5 Å². The van der Waals surface area contributed by atoms with Crippen molar-refractivity contribution in [1.29, 1.82) is 0 Å². The highest BCUT2D eigenvalue weighted by Gasteiger charge is 2.19. The minimum Gasteiger partial charge on any atom is -0.491 e. The molecule has 3 nitrogen and oxygen atoms in total. The molecule has 1 aliphatic rings. The second kappa shape index (κ2) is 6.19. The van der Waals surface area contributed by atoms with Gasteiger partial charge >= 0.3 is 0 Å². The van der Waals surface area contributed by atoms with Gasteiger partial charge in [-0.1, -0.05) is 18.2 Å². The molecule has 0 radical (unpaired) electrons. The maximum absolute atomic E-state index is 5.82. The summed E-state index contributed by atoms with van der Waals surface area (Å²) in [6.45, 7) is 6.61. The number of rotatable bonds is 5. The molecule has 1 heterocycles. The Kier molecular flexibility index (Phi) is 4.11. The predicted octanol–water partition coefficient (Wildman–Crippen LogP) is 3.97. The quantitative estimate of drug-likeness (QED) is 0.778. The zero-order valence-corrected chi connectivity index (χ0v) is 12.5. The third kappa shape index (κ3) is 2.88. The Bertz CT molecular complexity index is 634. The van der Waals surface area contributed by atoms with Gasteiger partial charge in [-0.15, -0.1) is 0 Å². The molecule has 21 heavy (non-hydrogen) atoms. The maximum atomic E-state index is 5.82. The van der Waals surface area contributed by atoms with Crippen LogP contribution in [-0.4, -0.2) is 19.8 Å². The highest BCUT2D eigenvalue weighted by molar-refractivity contribution is 5.78. The van der Waals surface area contributed by atoms with Crippen LogP contribution < -0.4 is 9.47 Å². The van der Waals surface area contributed by atoms with Gasteiger partial charge in [0.25, 0.3) is 0 Å². The molecule has 0 spiro atoms. The van der Waals surface area contributed by atoms with E-state index in [0.29, 0.717) is 19.8 Å². The van der Waals surface area contributed by atoms with E-state index in [2.05, 4.69) is 25.1 Å². The molecule has 0 saturated heterocycles. The van der Waals surface area contributed by atoms with Crippen molar-refractivity contribution < 1.29 is 14.2 Å². The maximum Gasteiger partial charge on any atom is 0.127 e. The van der Waals surface area contributed by atoms with E-state index in [1.807, 2.05) is 25.1 Å². The molecule has 0 fully saturated rings. The summed E-state index contributed by atoms with van der Waals surface area (Å²) in [4.78, 5) is 0. The molecule has 2 aromatic rings. The minimum atomic E-state index is 0.573. The van der Waals surface area contributed by atoms with Gasteiger partial charge in [-0.3, -0.25) is 0 Å². The number of aryl methyl sites for hydroxylation is 1. The first kappa shape index (κ1) is 14.0. The van der Waals surface area contributed by atoms with Gasteiger partial charge in [-0.2, -0.15) is 0 Å². The topological polar surface area (TPSA) is 27.7 Å². The van der Waals surface area contributed by atoms with Gasteiger partial charge in [0.15, 0.2) is 0 Å². The molecule has 0 unspecified atom stereocenters. The number of ether oxygens (including phenoxy) is 3. The molecule has 0 amide bonds. The highest BCUT2D eigenvalue weighted by Crippen LogP contribution is 2.40. The van der Waals surface area contributed by atoms with E-state index < -0.39 is 0 Å². The van der Waals surface area contributed by atoms with Crippen molar-refractivity contribution >= 4 is 0 Å². The van der Waals surface area contributed by atoms with Crippen LogP contribution in [0, 0.1) is 6.92 Å². The fourth-order valence-electron chi connectivity index (χ4n) is 2.72. The van der Waals surface area contributed by atoms with E-state index in [9.17, 15) is 0 Å². The molecule has 0 atom stereocenters. The fraction of sp³-hybridized carbons (Fsp3) is 0.333. The van der Waals surface area contributed by atoms with Crippen LogP contribution in [-0.2, 0) is 11.3 Å². The van der Waals surface area contributed by atoms with Gasteiger partial charge < -0.3 is 14.2 Å². The van der Waals surface area contributed by atoms with E-state index in [1.165, 1.54) is 16.7 Å². The molecule has 3 heteroatoms. The molecular weight excluding hydrogens is 264 g/mol. The average molecular weight is 284 g/mol. The number of benzene rings is 2. The number of hydrogen-bond donors (Lipinski definition) is 0. The van der Waals surface area contributed by atoms with Crippen molar-refractivity contribution in [2.45, 2.75) is 20.5 Å². The van der Waals surface area contributed by atoms with E-state index >= 15 is 0 Å². The highest BCUT2D eigenvalue weighted by atomic mass is 16.5. The molecule has 2 aromatic carbocycles. The zero-order valence-electron chi connectivity index (χ0n) is 12.5. The van der Waals surface area contributed by atoms with E-state index in [1.54, 1.807) is 0 Å². The van der Waals surface area contributed by atoms with Crippen molar-refractivity contribution in [3.63, 3.8) is 0 Å². The van der Waals surface area contributed by atoms with Crippen LogP contribution in [0.2, 0.25) is 0 Å². The summed E-state index contributed by atoms with van der Waals surface area (Å²) in [6, 6.07) is 12.3. The molecule has 0 bridgehead atoms. The predicted molar refractivity (Wildman–Crippen MR) is 82.9 cm³/mol. The van der Waals surface area contributed by atoms with Gasteiger partial charge in [0.05, 0.1) is 6.61 Å². The van der Waals surface area contributed by atoms with Crippen molar-refractivity contribution in [1.82, 2.24) is 0 Å². The minimum absolute atomic E-state index is 0.573. The Morgan fingerprint density at radius 3 is 2.86 bits per heavy atom. The summed E-state index contributed by atoms with van der Waals surface area (Å²) in [5.74, 6) is 1.84. The molecule has 1 aliphatic heterocycles. The van der Waals surface area contributed by atoms with E-state index in [-0.39, 0.29) is 0 Å². The van der Waals surface area contributed by atoms with Gasteiger partial charge in [0, 0.05) is 17.7 Å². The molecule has 110 valence electrons. The second-order valence-electron chi connectivity index (χ2n) is 5.10. The first-order chi connectivity index (χ1) is 10.3. The Morgan fingerprint density at radius 1 is 1.14 bits per heavy atom. The van der Waals surface area contributed by atoms with Crippen LogP contribution in [0.15, 0.2) is 36.4 Å². The van der Waals surface area contributed by atoms with Crippen molar-refractivity contribution in [2.75, 3.05) is 19.8 Å². The number of hydrogen-bond acceptors (Lipinski definition) is 3. The average Bonchev–Trinajstić information content (AvgIpc) is 2.51. The summed E-state index contributed by atoms with van der Waals surface area (Å²) >= 11 is 0. The van der Waals surface area contributed by atoms with E-state index in [0.717, 1.165) is 23.7 Å². The Balaban J connectivity index is 1.86. The van der Waals surface area contributed by atoms with Gasteiger partial charge in [-0.25, -0.2) is 0 Å². The Labute approximate surface area is 125 Å². The SMILES string of the molecule is CCOCCOc1cc(C)c2c(c1)COc1ccccc1-2. The third-order valence-electron chi connectivity index (χ3n) is 3.63. The normalized spacial score (nSPS) is 12.3. The molecular formula is C18H20O3. The summed E-state index contributed by atoms with van der Waals surface area (Å²) in [5.41, 5.74) is 4.83. The standard InChI is InChI=1S/C18H20O3/c1-3-19-8-9-20-15-10-13(2)18-14(11-15)12-21-17-7-5-4-6-16(17)18/h4-7,10-11H,3,8-9,12H2,1-2H3. The lowest BCUT2D eigenvalue weighted by molar-refractivity contribution is 0.110. The van der Waals surface area contributed by atoms with Crippen LogP contribution >= 0.6 is 0 Å². The van der Waals surface area contributed by atoms with Crippen molar-refractivity contribution in [3.8, 4) is 22.6 Å². The largest absolute Gasteiger partial charge is 0.491 e. The smallest absolute Gasteiger partial charge is 0.127 e. The fourth-order valence-corrected chi connectivity index (χ4v) is 2.72. The lowest BCUT2D eigenvalue weighted by Crippen LogP contribution is -2.09. The van der Waals surface area contributed by atoms with Crippen molar-refractivity contribution in [2.24, 2.45) is 0 Å². The van der Waals surface area contributed by atoms with Crippen LogP contribution in [0.5, 0.6) is 11.5 Å². The molecule has 3 rings (SSSR count). The van der Waals surface area contributed by atoms with Crippen LogP contribution in [0.1, 0.15) is 18.1 Å². The lowest BCUT2D eigenvalue weighted by atomic mass is 9.92. The summed E-state index contributed by atoms with van der Waals surface area (Å²) in [5, 5.41) is 0. The van der Waals surface area contributed by atoms with Crippen LogP contribution in [0.4, 0.5) is 0 Å². The Morgan fingerprint density at radius 2 is 2.00 bits per heavy atom. The number of para-hydroxylation sites is 1. The number of fused-ring (bicyclic) bond motifs is 3. The first-order valence-corrected chi connectivity index (χ1v) is 7.36. The second-order valence-corrected chi connectivity index (χ2v) is 5.10. The van der Waals surface area contributed by atoms with Gasteiger partial charge in [0.1, 0.15) is 24.7 Å². The molecule has 0 aromatic heterocycles. The first-order valence-electron chi connectivity index (χ1n) is 7.36. The summed E-state index contributed by atoms with van der Waals surface area (Å²) < 4.78 is 16.9. The molecule has 0 N–H and O–H groups in total. The summed E-state index contributed by atoms with van der Waals surface area (Å²) in [6.07, 6.45) is 0. The monoisotopic (exact) mass is 284 g/mol. The molecule has 0 saturated carbocycles. The van der Waals surface area contributed by atoms with Crippen LogP contribution in [0.25, 0.3) is 11.1 Å². The summed E-state index contributed by atoms with van der Waals surface area (Å²) in [7, 11) is 0. The van der Waals surface area contributed by atoms with Gasteiger partial charge in [-0.05, 0) is 43.2 Å². The van der Waals surface area contributed by atoms with Crippen LogP contribution in [0.3, 0.4) is 0 Å². The third-order valence-corrected chi connectivity index (χ3v) is 3.63. The van der Waals surface area contributed by atoms with E-state index in [4.69, 9.17) is 14.2 Å². The molecule has 0 aliphatic carbocycles. The lowest BCUT2D eigenvalue weighted by Gasteiger charge is -2.23. The Hall–Kier alpha value is -2.00.